The van der Waals surface area contributed by atoms with Gasteiger partial charge in [0, 0.05) is 7.05 Å². The average molecular weight is 470 g/mol. The van der Waals surface area contributed by atoms with E-state index in [0.29, 0.717) is 28.6 Å². The van der Waals surface area contributed by atoms with Crippen LogP contribution in [0.15, 0.2) is 47.3 Å². The monoisotopic (exact) mass is 469 g/mol. The molecule has 4 rings (SSSR count). The Hall–Kier alpha value is -3.33. The zero-order valence-electron chi connectivity index (χ0n) is 19.5. The van der Waals surface area contributed by atoms with Gasteiger partial charge in [0.1, 0.15) is 11.1 Å². The van der Waals surface area contributed by atoms with Crippen LogP contribution in [0.25, 0.3) is 5.69 Å². The Bertz CT molecular complexity index is 1230. The number of thioether (sulfide) groups is 1. The van der Waals surface area contributed by atoms with Crippen molar-refractivity contribution in [3.05, 3.63) is 64.1 Å². The lowest BCUT2D eigenvalue weighted by molar-refractivity contribution is -0.117. The van der Waals surface area contributed by atoms with Gasteiger partial charge in [0.25, 0.3) is 5.56 Å². The molecule has 9 heteroatoms. The molecule has 2 heterocycles. The SMILES string of the molecule is COc1cc([C@H]2S[C@H](C)C(=O)N2c2c(C)n(C)n(-c3ccccc3)c2=O)cc(OC)c1OC. The minimum atomic E-state index is -0.431. The number of carbonyl (C=O) groups excluding carboxylic acids is 1. The molecule has 1 fully saturated rings. The van der Waals surface area contributed by atoms with Gasteiger partial charge in [-0.1, -0.05) is 18.2 Å². The molecule has 1 aliphatic rings. The van der Waals surface area contributed by atoms with E-state index in [1.165, 1.54) is 11.8 Å². The lowest BCUT2D eigenvalue weighted by Crippen LogP contribution is -2.34. The highest BCUT2D eigenvalue weighted by Gasteiger charge is 2.43. The second-order valence-corrected chi connectivity index (χ2v) is 9.13. The van der Waals surface area contributed by atoms with Crippen LogP contribution in [0, 0.1) is 6.92 Å². The molecular formula is C24H27N3O5S. The fourth-order valence-corrected chi connectivity index (χ4v) is 5.40. The number of anilines is 1. The Balaban J connectivity index is 1.90. The Morgan fingerprint density at radius 3 is 2.09 bits per heavy atom. The normalized spacial score (nSPS) is 18.0. The number of amides is 1. The van der Waals surface area contributed by atoms with Gasteiger partial charge < -0.3 is 14.2 Å². The van der Waals surface area contributed by atoms with Crippen LogP contribution < -0.4 is 24.7 Å². The number of para-hydroxylation sites is 1. The quantitative estimate of drug-likeness (QED) is 0.548. The van der Waals surface area contributed by atoms with Crippen molar-refractivity contribution < 1.29 is 19.0 Å². The predicted octanol–water partition coefficient (Wildman–Crippen LogP) is 3.68. The van der Waals surface area contributed by atoms with Crippen molar-refractivity contribution in [2.24, 2.45) is 7.05 Å². The number of ether oxygens (including phenoxy) is 3. The van der Waals surface area contributed by atoms with Crippen molar-refractivity contribution in [2.45, 2.75) is 24.5 Å². The second kappa shape index (κ2) is 8.90. The molecule has 174 valence electrons. The summed E-state index contributed by atoms with van der Waals surface area (Å²) in [5.74, 6) is 1.33. The molecule has 0 saturated carbocycles. The Labute approximate surface area is 196 Å². The Morgan fingerprint density at radius 1 is 0.939 bits per heavy atom. The molecule has 3 aromatic rings. The molecule has 33 heavy (non-hydrogen) atoms. The molecular weight excluding hydrogens is 442 g/mol. The summed E-state index contributed by atoms with van der Waals surface area (Å²) >= 11 is 1.48. The van der Waals surface area contributed by atoms with Crippen molar-refractivity contribution in [2.75, 3.05) is 26.2 Å². The third-order valence-electron chi connectivity index (χ3n) is 5.89. The van der Waals surface area contributed by atoms with E-state index in [-0.39, 0.29) is 16.7 Å². The maximum absolute atomic E-state index is 13.6. The molecule has 2 aromatic carbocycles. The van der Waals surface area contributed by atoms with Gasteiger partial charge in [0.05, 0.1) is 38.0 Å². The minimum absolute atomic E-state index is 0.121. The van der Waals surface area contributed by atoms with Gasteiger partial charge in [-0.3, -0.25) is 19.2 Å². The molecule has 1 aliphatic heterocycles. The van der Waals surface area contributed by atoms with Gasteiger partial charge in [-0.25, -0.2) is 4.68 Å². The average Bonchev–Trinajstić information content (AvgIpc) is 3.24. The van der Waals surface area contributed by atoms with Crippen molar-refractivity contribution in [1.82, 2.24) is 9.36 Å². The summed E-state index contributed by atoms with van der Waals surface area (Å²) in [6, 6.07) is 13.0. The summed E-state index contributed by atoms with van der Waals surface area (Å²) in [5, 5.41) is -0.752. The second-order valence-electron chi connectivity index (χ2n) is 7.71. The van der Waals surface area contributed by atoms with Crippen LogP contribution in [-0.2, 0) is 11.8 Å². The third kappa shape index (κ3) is 3.66. The molecule has 1 aromatic heterocycles. The molecule has 0 N–H and O–H groups in total. The van der Waals surface area contributed by atoms with E-state index in [1.807, 2.05) is 63.4 Å². The summed E-state index contributed by atoms with van der Waals surface area (Å²) in [7, 11) is 6.46. The highest BCUT2D eigenvalue weighted by Crippen LogP contribution is 2.49. The van der Waals surface area contributed by atoms with E-state index in [1.54, 1.807) is 35.6 Å². The van der Waals surface area contributed by atoms with E-state index in [9.17, 15) is 9.59 Å². The number of methoxy groups -OCH3 is 3. The van der Waals surface area contributed by atoms with E-state index < -0.39 is 5.37 Å². The maximum Gasteiger partial charge on any atom is 0.295 e. The van der Waals surface area contributed by atoms with Crippen LogP contribution in [0.2, 0.25) is 0 Å². The van der Waals surface area contributed by atoms with Crippen LogP contribution in [0.3, 0.4) is 0 Å². The molecule has 0 unspecified atom stereocenters. The minimum Gasteiger partial charge on any atom is -0.493 e. The third-order valence-corrected chi connectivity index (χ3v) is 7.24. The first-order valence-electron chi connectivity index (χ1n) is 10.5. The molecule has 8 nitrogen and oxygen atoms in total. The number of hydrogen-bond donors (Lipinski definition) is 0. The summed E-state index contributed by atoms with van der Waals surface area (Å²) in [6.07, 6.45) is 0. The first kappa shape index (κ1) is 22.8. The molecule has 1 amide bonds. The number of benzene rings is 2. The van der Waals surface area contributed by atoms with Gasteiger partial charge in [0.2, 0.25) is 11.7 Å². The van der Waals surface area contributed by atoms with Crippen LogP contribution in [0.1, 0.15) is 23.6 Å². The molecule has 0 aliphatic carbocycles. The number of nitrogens with zero attached hydrogens (tertiary/aromatic N) is 3. The summed E-state index contributed by atoms with van der Waals surface area (Å²) in [5.41, 5.74) is 2.32. The molecule has 1 saturated heterocycles. The zero-order chi connectivity index (χ0) is 23.9. The molecule has 0 bridgehead atoms. The zero-order valence-corrected chi connectivity index (χ0v) is 20.3. The number of hydrogen-bond acceptors (Lipinski definition) is 6. The Kier molecular flexibility index (Phi) is 6.16. The highest BCUT2D eigenvalue weighted by atomic mass is 32.2. The van der Waals surface area contributed by atoms with Gasteiger partial charge in [-0.2, -0.15) is 0 Å². The smallest absolute Gasteiger partial charge is 0.295 e. The fraction of sp³-hybridized carbons (Fsp3) is 0.333. The van der Waals surface area contributed by atoms with E-state index in [0.717, 1.165) is 11.3 Å². The van der Waals surface area contributed by atoms with Gasteiger partial charge in [-0.05, 0) is 43.7 Å². The van der Waals surface area contributed by atoms with E-state index >= 15 is 0 Å². The van der Waals surface area contributed by atoms with Gasteiger partial charge in [-0.15, -0.1) is 11.8 Å². The van der Waals surface area contributed by atoms with Crippen LogP contribution in [-0.4, -0.2) is 41.9 Å². The van der Waals surface area contributed by atoms with Crippen molar-refractivity contribution in [1.29, 1.82) is 0 Å². The summed E-state index contributed by atoms with van der Waals surface area (Å²) in [6.45, 7) is 3.70. The van der Waals surface area contributed by atoms with E-state index in [4.69, 9.17) is 14.2 Å². The largest absolute Gasteiger partial charge is 0.493 e. The first-order chi connectivity index (χ1) is 15.8. The van der Waals surface area contributed by atoms with Crippen molar-refractivity contribution in [3.63, 3.8) is 0 Å². The summed E-state index contributed by atoms with van der Waals surface area (Å²) < 4.78 is 19.8. The number of carbonyl (C=O) groups is 1. The lowest BCUT2D eigenvalue weighted by Gasteiger charge is -2.24. The predicted molar refractivity (Wildman–Crippen MR) is 129 cm³/mol. The molecule has 2 atom stereocenters. The Morgan fingerprint density at radius 2 is 1.55 bits per heavy atom. The topological polar surface area (TPSA) is 74.9 Å². The number of rotatable bonds is 6. The maximum atomic E-state index is 13.6. The molecule has 0 radical (unpaired) electrons. The fourth-order valence-electron chi connectivity index (χ4n) is 4.15. The highest BCUT2D eigenvalue weighted by molar-refractivity contribution is 8.01. The van der Waals surface area contributed by atoms with Crippen LogP contribution in [0.4, 0.5) is 5.69 Å². The number of aromatic nitrogens is 2. The van der Waals surface area contributed by atoms with Gasteiger partial charge >= 0.3 is 0 Å². The molecule has 0 spiro atoms. The van der Waals surface area contributed by atoms with E-state index in [2.05, 4.69) is 0 Å². The van der Waals surface area contributed by atoms with Crippen LogP contribution >= 0.6 is 11.8 Å². The van der Waals surface area contributed by atoms with Crippen molar-refractivity contribution in [3.8, 4) is 22.9 Å². The van der Waals surface area contributed by atoms with Crippen molar-refractivity contribution >= 4 is 23.4 Å². The summed E-state index contributed by atoms with van der Waals surface area (Å²) in [4.78, 5) is 28.6. The van der Waals surface area contributed by atoms with Crippen LogP contribution in [0.5, 0.6) is 17.2 Å². The standard InChI is InChI=1S/C24H27N3O5S/c1-14-20(23(29)27(25(14)3)17-10-8-7-9-11-17)26-22(28)15(2)33-24(26)16-12-18(30-4)21(32-6)19(13-16)31-5/h7-13,15,24H,1-6H3/t15-,24-/m1/s1. The van der Waals surface area contributed by atoms with Gasteiger partial charge in [0.15, 0.2) is 11.5 Å². The first-order valence-corrected chi connectivity index (χ1v) is 11.4. The lowest BCUT2D eigenvalue weighted by atomic mass is 10.1.